The SMILES string of the molecule is COc1cccc(C(=O)c2cc(Br)c(Br)[nH]2)c1. The van der Waals surface area contributed by atoms with Gasteiger partial charge in [0.1, 0.15) is 5.75 Å². The van der Waals surface area contributed by atoms with Crippen molar-refractivity contribution in [2.24, 2.45) is 0 Å². The fourth-order valence-electron chi connectivity index (χ4n) is 1.45. The molecule has 2 aromatic rings. The summed E-state index contributed by atoms with van der Waals surface area (Å²) >= 11 is 6.64. The van der Waals surface area contributed by atoms with Gasteiger partial charge in [0.25, 0.3) is 0 Å². The van der Waals surface area contributed by atoms with Crippen LogP contribution in [0.3, 0.4) is 0 Å². The summed E-state index contributed by atoms with van der Waals surface area (Å²) in [6.07, 6.45) is 0. The van der Waals surface area contributed by atoms with E-state index >= 15 is 0 Å². The third kappa shape index (κ3) is 2.61. The summed E-state index contributed by atoms with van der Waals surface area (Å²) in [6, 6.07) is 8.81. The first kappa shape index (κ1) is 12.4. The van der Waals surface area contributed by atoms with Crippen LogP contribution in [0.5, 0.6) is 5.75 Å². The van der Waals surface area contributed by atoms with Gasteiger partial charge in [-0.2, -0.15) is 0 Å². The second kappa shape index (κ2) is 5.06. The molecule has 17 heavy (non-hydrogen) atoms. The maximum absolute atomic E-state index is 12.2. The van der Waals surface area contributed by atoms with Crippen LogP contribution in [0.2, 0.25) is 0 Å². The molecule has 0 aliphatic rings. The number of halogens is 2. The van der Waals surface area contributed by atoms with Crippen LogP contribution < -0.4 is 4.74 Å². The number of rotatable bonds is 3. The molecule has 0 aliphatic heterocycles. The molecule has 0 bridgehead atoms. The van der Waals surface area contributed by atoms with Crippen molar-refractivity contribution >= 4 is 37.6 Å². The van der Waals surface area contributed by atoms with E-state index in [4.69, 9.17) is 4.74 Å². The van der Waals surface area contributed by atoms with Gasteiger partial charge in [0.05, 0.1) is 21.9 Å². The Morgan fingerprint density at radius 1 is 1.29 bits per heavy atom. The van der Waals surface area contributed by atoms with Gasteiger partial charge in [0.15, 0.2) is 0 Å². The number of carbonyl (C=O) groups excluding carboxylic acids is 1. The molecule has 1 N–H and O–H groups in total. The highest BCUT2D eigenvalue weighted by molar-refractivity contribution is 9.13. The van der Waals surface area contributed by atoms with E-state index in [2.05, 4.69) is 36.8 Å². The number of ketones is 1. The van der Waals surface area contributed by atoms with Crippen molar-refractivity contribution in [1.29, 1.82) is 0 Å². The Kier molecular flexibility index (Phi) is 3.69. The van der Waals surface area contributed by atoms with Gasteiger partial charge in [-0.05, 0) is 50.1 Å². The predicted octanol–water partition coefficient (Wildman–Crippen LogP) is 3.78. The van der Waals surface area contributed by atoms with Gasteiger partial charge < -0.3 is 9.72 Å². The zero-order valence-electron chi connectivity index (χ0n) is 8.96. The van der Waals surface area contributed by atoms with Gasteiger partial charge in [-0.25, -0.2) is 0 Å². The molecule has 0 unspecified atom stereocenters. The Morgan fingerprint density at radius 2 is 2.06 bits per heavy atom. The lowest BCUT2D eigenvalue weighted by molar-refractivity contribution is 0.103. The molecule has 88 valence electrons. The van der Waals surface area contributed by atoms with Gasteiger partial charge in [-0.1, -0.05) is 12.1 Å². The number of H-pyrrole nitrogens is 1. The summed E-state index contributed by atoms with van der Waals surface area (Å²) < 4.78 is 6.67. The van der Waals surface area contributed by atoms with Crippen molar-refractivity contribution in [1.82, 2.24) is 4.98 Å². The number of nitrogens with one attached hydrogen (secondary N) is 1. The fourth-order valence-corrected chi connectivity index (χ4v) is 2.10. The number of ether oxygens (including phenoxy) is 1. The van der Waals surface area contributed by atoms with E-state index in [0.717, 1.165) is 9.08 Å². The lowest BCUT2D eigenvalue weighted by Crippen LogP contribution is -2.01. The Labute approximate surface area is 115 Å². The highest BCUT2D eigenvalue weighted by atomic mass is 79.9. The van der Waals surface area contributed by atoms with Crippen LogP contribution in [0.25, 0.3) is 0 Å². The molecular formula is C12H9Br2NO2. The molecule has 0 saturated carbocycles. The predicted molar refractivity (Wildman–Crippen MR) is 72.6 cm³/mol. The molecule has 1 aromatic heterocycles. The number of hydrogen-bond acceptors (Lipinski definition) is 2. The van der Waals surface area contributed by atoms with Gasteiger partial charge in [0.2, 0.25) is 5.78 Å². The topological polar surface area (TPSA) is 42.1 Å². The van der Waals surface area contributed by atoms with Gasteiger partial charge in [-0.3, -0.25) is 4.79 Å². The van der Waals surface area contributed by atoms with Gasteiger partial charge >= 0.3 is 0 Å². The van der Waals surface area contributed by atoms with E-state index in [1.54, 1.807) is 37.4 Å². The van der Waals surface area contributed by atoms with Crippen molar-refractivity contribution in [3.8, 4) is 5.75 Å². The number of carbonyl (C=O) groups is 1. The average molecular weight is 359 g/mol. The van der Waals surface area contributed by atoms with E-state index in [0.29, 0.717) is 17.0 Å². The zero-order chi connectivity index (χ0) is 12.4. The first-order valence-corrected chi connectivity index (χ1v) is 6.43. The minimum atomic E-state index is -0.0738. The molecule has 0 atom stereocenters. The van der Waals surface area contributed by atoms with Crippen LogP contribution in [0, 0.1) is 0 Å². The van der Waals surface area contributed by atoms with Crippen LogP contribution in [-0.2, 0) is 0 Å². The number of benzene rings is 1. The van der Waals surface area contributed by atoms with Crippen LogP contribution in [0.15, 0.2) is 39.4 Å². The molecule has 0 aliphatic carbocycles. The number of methoxy groups -OCH3 is 1. The summed E-state index contributed by atoms with van der Waals surface area (Å²) in [6.45, 7) is 0. The van der Waals surface area contributed by atoms with Crippen LogP contribution in [0.4, 0.5) is 0 Å². The molecule has 3 nitrogen and oxygen atoms in total. The summed E-state index contributed by atoms with van der Waals surface area (Å²) in [5, 5.41) is 0. The molecule has 1 heterocycles. The van der Waals surface area contributed by atoms with E-state index in [1.165, 1.54) is 0 Å². The summed E-state index contributed by atoms with van der Waals surface area (Å²) in [5.41, 5.74) is 1.11. The first-order chi connectivity index (χ1) is 8.11. The third-order valence-electron chi connectivity index (χ3n) is 2.30. The first-order valence-electron chi connectivity index (χ1n) is 4.84. The smallest absolute Gasteiger partial charge is 0.209 e. The standard InChI is InChI=1S/C12H9Br2NO2/c1-17-8-4-2-3-7(5-8)11(16)10-6-9(13)12(14)15-10/h2-6,15H,1H3. The number of hydrogen-bond donors (Lipinski definition) is 1. The Hall–Kier alpha value is -1.07. The lowest BCUT2D eigenvalue weighted by Gasteiger charge is -2.02. The lowest BCUT2D eigenvalue weighted by atomic mass is 10.1. The average Bonchev–Trinajstić information content (AvgIpc) is 2.69. The van der Waals surface area contributed by atoms with Crippen LogP contribution >= 0.6 is 31.9 Å². The molecule has 2 rings (SSSR count). The highest BCUT2D eigenvalue weighted by Gasteiger charge is 2.13. The Balaban J connectivity index is 2.36. The van der Waals surface area contributed by atoms with Crippen LogP contribution in [0.1, 0.15) is 16.1 Å². The van der Waals surface area contributed by atoms with E-state index in [-0.39, 0.29) is 5.78 Å². The minimum absolute atomic E-state index is 0.0738. The molecule has 1 aromatic carbocycles. The molecule has 5 heteroatoms. The van der Waals surface area contributed by atoms with Crippen molar-refractivity contribution in [2.75, 3.05) is 7.11 Å². The maximum atomic E-state index is 12.2. The zero-order valence-corrected chi connectivity index (χ0v) is 12.1. The quantitative estimate of drug-likeness (QED) is 0.848. The molecule has 0 spiro atoms. The highest BCUT2D eigenvalue weighted by Crippen LogP contribution is 2.25. The monoisotopic (exact) mass is 357 g/mol. The third-order valence-corrected chi connectivity index (χ3v) is 4.08. The normalized spacial score (nSPS) is 10.3. The minimum Gasteiger partial charge on any atom is -0.497 e. The van der Waals surface area contributed by atoms with E-state index in [1.807, 2.05) is 0 Å². The molecule has 0 fully saturated rings. The second-order valence-corrected chi connectivity index (χ2v) is 5.05. The van der Waals surface area contributed by atoms with Crippen molar-refractivity contribution in [3.05, 3.63) is 50.7 Å². The Morgan fingerprint density at radius 3 is 2.65 bits per heavy atom. The molecule has 0 radical (unpaired) electrons. The largest absolute Gasteiger partial charge is 0.497 e. The molecular weight excluding hydrogens is 350 g/mol. The summed E-state index contributed by atoms with van der Waals surface area (Å²) in [7, 11) is 1.57. The summed E-state index contributed by atoms with van der Waals surface area (Å²) in [4.78, 5) is 15.1. The molecule has 0 saturated heterocycles. The van der Waals surface area contributed by atoms with Crippen molar-refractivity contribution in [2.45, 2.75) is 0 Å². The fraction of sp³-hybridized carbons (Fsp3) is 0.0833. The number of aromatic nitrogens is 1. The van der Waals surface area contributed by atoms with E-state index in [9.17, 15) is 4.79 Å². The van der Waals surface area contributed by atoms with Crippen LogP contribution in [-0.4, -0.2) is 17.9 Å². The second-order valence-electron chi connectivity index (χ2n) is 3.41. The maximum Gasteiger partial charge on any atom is 0.209 e. The van der Waals surface area contributed by atoms with Gasteiger partial charge in [0, 0.05) is 5.56 Å². The number of aromatic amines is 1. The van der Waals surface area contributed by atoms with Crippen molar-refractivity contribution in [3.63, 3.8) is 0 Å². The molecule has 0 amide bonds. The van der Waals surface area contributed by atoms with Gasteiger partial charge in [-0.15, -0.1) is 0 Å². The van der Waals surface area contributed by atoms with E-state index < -0.39 is 0 Å². The van der Waals surface area contributed by atoms with Crippen molar-refractivity contribution < 1.29 is 9.53 Å². The Bertz CT molecular complexity index is 544. The summed E-state index contributed by atoms with van der Waals surface area (Å²) in [5.74, 6) is 0.593.